The van der Waals surface area contributed by atoms with Gasteiger partial charge in [-0.05, 0) is 76.2 Å². The maximum absolute atomic E-state index is 13.8. The number of nitrogens with zero attached hydrogens (tertiary/aromatic N) is 1. The van der Waals surface area contributed by atoms with Crippen molar-refractivity contribution in [2.45, 2.75) is 103 Å². The highest BCUT2D eigenvalue weighted by atomic mass is 32.1. The lowest BCUT2D eigenvalue weighted by atomic mass is 9.69. The van der Waals surface area contributed by atoms with E-state index < -0.39 is 53.6 Å². The number of cyclic esters (lactones) is 1. The highest BCUT2D eigenvalue weighted by Crippen LogP contribution is 2.46. The van der Waals surface area contributed by atoms with Crippen LogP contribution in [0.4, 0.5) is 0 Å². The van der Waals surface area contributed by atoms with E-state index in [0.29, 0.717) is 31.2 Å². The number of hydrogen-bond acceptors (Lipinski definition) is 10. The fraction of sp³-hybridized carbons (Fsp3) is 0.556. The summed E-state index contributed by atoms with van der Waals surface area (Å²) < 4.78 is 18.0. The van der Waals surface area contributed by atoms with Crippen LogP contribution in [0.25, 0.3) is 6.08 Å². The lowest BCUT2D eigenvalue weighted by Crippen LogP contribution is -2.47. The lowest BCUT2D eigenvalue weighted by molar-refractivity contribution is -0.155. The molecule has 0 spiro atoms. The van der Waals surface area contributed by atoms with Gasteiger partial charge in [-0.25, -0.2) is 9.78 Å². The Hall–Kier alpha value is -3.18. The van der Waals surface area contributed by atoms with Crippen LogP contribution in [0.5, 0.6) is 0 Å². The number of ether oxygens (including phenoxy) is 3. The van der Waals surface area contributed by atoms with E-state index in [4.69, 9.17) is 14.2 Å². The van der Waals surface area contributed by atoms with Crippen LogP contribution >= 0.6 is 11.3 Å². The fourth-order valence-corrected chi connectivity index (χ4v) is 6.99. The first-order valence-corrected chi connectivity index (χ1v) is 16.9. The number of esters is 2. The zero-order chi connectivity index (χ0) is 33.6. The number of carbonyl (C=O) groups excluding carboxylic acids is 3. The predicted octanol–water partition coefficient (Wildman–Crippen LogP) is 5.87. The molecule has 2 aliphatic rings. The number of benzene rings is 1. The highest BCUT2D eigenvalue weighted by molar-refractivity contribution is 7.09. The minimum atomic E-state index is -1.36. The molecule has 4 rings (SSSR count). The molecule has 1 aromatic heterocycles. The molecule has 8 atom stereocenters. The van der Waals surface area contributed by atoms with Crippen LogP contribution in [0.3, 0.4) is 0 Å². The van der Waals surface area contributed by atoms with Gasteiger partial charge in [-0.15, -0.1) is 17.9 Å². The van der Waals surface area contributed by atoms with Crippen LogP contribution in [0, 0.1) is 24.2 Å². The number of fused-ring (bicyclic) bond motifs is 1. The summed E-state index contributed by atoms with van der Waals surface area (Å²) in [5, 5.41) is 25.3. The summed E-state index contributed by atoms with van der Waals surface area (Å²) >= 11 is 1.51. The maximum Gasteiger partial charge on any atom is 0.338 e. The number of rotatable bonds is 7. The first-order valence-electron chi connectivity index (χ1n) is 16.0. The van der Waals surface area contributed by atoms with Gasteiger partial charge in [0.05, 0.1) is 46.4 Å². The predicted molar refractivity (Wildman–Crippen MR) is 176 cm³/mol. The minimum absolute atomic E-state index is 0.0184. The van der Waals surface area contributed by atoms with Crippen molar-refractivity contribution in [3.63, 3.8) is 0 Å². The average molecular weight is 654 g/mol. The third kappa shape index (κ3) is 8.39. The molecule has 2 fully saturated rings. The molecule has 0 bridgehead atoms. The van der Waals surface area contributed by atoms with Crippen molar-refractivity contribution in [2.24, 2.45) is 17.3 Å². The van der Waals surface area contributed by atoms with E-state index in [2.05, 4.69) is 11.6 Å². The van der Waals surface area contributed by atoms with Gasteiger partial charge in [0, 0.05) is 17.7 Å². The molecule has 1 aromatic carbocycles. The van der Waals surface area contributed by atoms with Crippen molar-refractivity contribution < 1.29 is 38.8 Å². The number of ketones is 1. The van der Waals surface area contributed by atoms with E-state index in [1.807, 2.05) is 38.3 Å². The number of aliphatic hydroxyl groups excluding tert-OH is 2. The molecule has 0 aliphatic carbocycles. The summed E-state index contributed by atoms with van der Waals surface area (Å²) in [6.07, 6.45) is 1.81. The third-order valence-electron chi connectivity index (χ3n) is 9.58. The summed E-state index contributed by atoms with van der Waals surface area (Å²) in [6, 6.07) is 8.74. The second-order valence-electron chi connectivity index (χ2n) is 13.2. The number of Topliss-reactive ketones (excluding diaryl/α,β-unsaturated/α-hetero) is 1. The van der Waals surface area contributed by atoms with E-state index in [0.717, 1.165) is 16.3 Å². The first-order chi connectivity index (χ1) is 21.8. The average Bonchev–Trinajstić information content (AvgIpc) is 3.55. The van der Waals surface area contributed by atoms with Crippen molar-refractivity contribution >= 4 is 35.1 Å². The van der Waals surface area contributed by atoms with Crippen LogP contribution < -0.4 is 0 Å². The topological polar surface area (TPSA) is 136 Å². The summed E-state index contributed by atoms with van der Waals surface area (Å²) in [5.74, 6) is -2.48. The molecule has 2 aliphatic heterocycles. The Labute approximate surface area is 275 Å². The van der Waals surface area contributed by atoms with Gasteiger partial charge < -0.3 is 24.4 Å². The second-order valence-corrected chi connectivity index (χ2v) is 14.2. The summed E-state index contributed by atoms with van der Waals surface area (Å²) in [5.41, 5.74) is -0.208. The van der Waals surface area contributed by atoms with E-state index in [9.17, 15) is 24.6 Å². The number of epoxide rings is 1. The van der Waals surface area contributed by atoms with Gasteiger partial charge in [0.2, 0.25) is 0 Å². The normalized spacial score (nSPS) is 33.1. The minimum Gasteiger partial charge on any atom is -0.459 e. The molecular weight excluding hydrogens is 606 g/mol. The fourth-order valence-electron chi connectivity index (χ4n) is 6.42. The molecule has 0 unspecified atom stereocenters. The van der Waals surface area contributed by atoms with Gasteiger partial charge in [0.25, 0.3) is 0 Å². The zero-order valence-electron chi connectivity index (χ0n) is 27.4. The Morgan fingerprint density at radius 2 is 1.93 bits per heavy atom. The van der Waals surface area contributed by atoms with Gasteiger partial charge in [-0.3, -0.25) is 9.59 Å². The standard InChI is InChI=1S/C36H47NO8S/c1-7-15-35(6)29(38)19-31(39)44-28(23(3)17-27-20-46-25(5)37-27)18-30-36(45-30,21-43-34(42)26-13-9-8-10-14-26)16-11-12-22(2)32(40)24(4)33(35)41/h7-10,13-14,17,20,22,24,28-30,32,38,40H,1,11-12,15-16,18-19,21H2,2-6H3/b23-17+/t22-,24-,28-,29-,30-,32+,35-,36-/m0/s1. The number of hydrogen-bond donors (Lipinski definition) is 2. The monoisotopic (exact) mass is 653 g/mol. The SMILES string of the molecule is C=CC[C@]1(C)C(=O)[C@@H](C)[C@H](O)[C@@H](C)CCC[C@@]2(COC(=O)c3ccccc3)O[C@H]2C[C@@H](/C(C)=C/c2csc(C)n2)OC(=O)C[C@@H]1O. The summed E-state index contributed by atoms with van der Waals surface area (Å²) in [7, 11) is 0. The van der Waals surface area contributed by atoms with Crippen molar-refractivity contribution in [2.75, 3.05) is 6.61 Å². The van der Waals surface area contributed by atoms with Crippen molar-refractivity contribution in [1.29, 1.82) is 0 Å². The van der Waals surface area contributed by atoms with Gasteiger partial charge in [-0.1, -0.05) is 38.1 Å². The van der Waals surface area contributed by atoms with Gasteiger partial charge in [0.15, 0.2) is 0 Å². The Balaban J connectivity index is 1.64. The first kappa shape index (κ1) is 35.7. The Morgan fingerprint density at radius 1 is 1.22 bits per heavy atom. The molecule has 0 saturated carbocycles. The highest BCUT2D eigenvalue weighted by Gasteiger charge is 2.58. The molecule has 0 radical (unpaired) electrons. The van der Waals surface area contributed by atoms with Gasteiger partial charge >= 0.3 is 11.9 Å². The quantitative estimate of drug-likeness (QED) is 0.214. The summed E-state index contributed by atoms with van der Waals surface area (Å²) in [6.45, 7) is 12.7. The number of carbonyl (C=O) groups is 3. The molecule has 2 aromatic rings. The molecule has 9 nitrogen and oxygen atoms in total. The van der Waals surface area contributed by atoms with E-state index >= 15 is 0 Å². The van der Waals surface area contributed by atoms with E-state index in [1.54, 1.807) is 44.2 Å². The smallest absolute Gasteiger partial charge is 0.338 e. The lowest BCUT2D eigenvalue weighted by Gasteiger charge is -2.36. The largest absolute Gasteiger partial charge is 0.459 e. The van der Waals surface area contributed by atoms with Crippen LogP contribution in [0.1, 0.15) is 87.3 Å². The van der Waals surface area contributed by atoms with Crippen LogP contribution in [-0.2, 0) is 23.8 Å². The molecule has 46 heavy (non-hydrogen) atoms. The Kier molecular flexibility index (Phi) is 11.7. The van der Waals surface area contributed by atoms with E-state index in [1.165, 1.54) is 11.3 Å². The molecule has 2 saturated heterocycles. The number of aromatic nitrogens is 1. The zero-order valence-corrected chi connectivity index (χ0v) is 28.3. The van der Waals surface area contributed by atoms with Crippen molar-refractivity contribution in [3.8, 4) is 0 Å². The molecule has 10 heteroatoms. The number of aliphatic hydroxyl groups is 2. The van der Waals surface area contributed by atoms with E-state index in [-0.39, 0.29) is 30.8 Å². The molecule has 3 heterocycles. The van der Waals surface area contributed by atoms with Crippen molar-refractivity contribution in [1.82, 2.24) is 4.98 Å². The van der Waals surface area contributed by atoms with Crippen molar-refractivity contribution in [3.05, 3.63) is 70.2 Å². The summed E-state index contributed by atoms with van der Waals surface area (Å²) in [4.78, 5) is 44.5. The Bertz CT molecular complexity index is 1420. The molecule has 0 amide bonds. The molecular formula is C36H47NO8S. The maximum atomic E-state index is 13.8. The second kappa shape index (κ2) is 15.2. The van der Waals surface area contributed by atoms with Crippen LogP contribution in [-0.4, -0.2) is 69.5 Å². The molecule has 250 valence electrons. The Morgan fingerprint density at radius 3 is 2.59 bits per heavy atom. The number of thiazole rings is 1. The van der Waals surface area contributed by atoms with Gasteiger partial charge in [-0.2, -0.15) is 0 Å². The number of allylic oxidation sites excluding steroid dienone is 1. The number of aryl methyl sites for hydroxylation is 1. The third-order valence-corrected chi connectivity index (χ3v) is 10.4. The van der Waals surface area contributed by atoms with Crippen LogP contribution in [0.15, 0.2) is 53.9 Å². The van der Waals surface area contributed by atoms with Crippen LogP contribution in [0.2, 0.25) is 0 Å². The molecule has 2 N–H and O–H groups in total. The van der Waals surface area contributed by atoms with Gasteiger partial charge in [0.1, 0.15) is 24.1 Å².